The molecule has 1 amide bonds. The Morgan fingerprint density at radius 2 is 1.77 bits per heavy atom. The molecule has 0 aliphatic carbocycles. The Kier molecular flexibility index (Phi) is 5.55. The summed E-state index contributed by atoms with van der Waals surface area (Å²) in [5, 5.41) is 10.6. The average molecular weight is 316 g/mol. The van der Waals surface area contributed by atoms with Crippen LogP contribution in [0, 0.1) is 10.1 Å². The van der Waals surface area contributed by atoms with E-state index in [1.807, 2.05) is 30.3 Å². The molecule has 2 rings (SSSR count). The highest BCUT2D eigenvalue weighted by atomic mass is 32.2. The summed E-state index contributed by atoms with van der Waals surface area (Å²) in [5.41, 5.74) is 1.91. The van der Waals surface area contributed by atoms with Crippen molar-refractivity contribution in [2.24, 2.45) is 0 Å². The SMILES string of the molecule is CN(C(=O)CSCc1ccc([N+](=O)[O-])cc1)c1ccccc1. The fraction of sp³-hybridized carbons (Fsp3) is 0.188. The molecule has 0 radical (unpaired) electrons. The van der Waals surface area contributed by atoms with Crippen molar-refractivity contribution in [1.29, 1.82) is 0 Å². The Morgan fingerprint density at radius 1 is 1.14 bits per heavy atom. The predicted octanol–water partition coefficient (Wildman–Crippen LogP) is 3.49. The molecule has 22 heavy (non-hydrogen) atoms. The third-order valence-electron chi connectivity index (χ3n) is 3.16. The maximum absolute atomic E-state index is 12.1. The molecule has 6 heteroatoms. The summed E-state index contributed by atoms with van der Waals surface area (Å²) in [7, 11) is 1.75. The highest BCUT2D eigenvalue weighted by Gasteiger charge is 2.10. The maximum Gasteiger partial charge on any atom is 0.269 e. The van der Waals surface area contributed by atoms with Crippen LogP contribution in [0.25, 0.3) is 0 Å². The second kappa shape index (κ2) is 7.61. The minimum atomic E-state index is -0.421. The maximum atomic E-state index is 12.1. The van der Waals surface area contributed by atoms with Gasteiger partial charge in [0.25, 0.3) is 5.69 Å². The molecule has 0 saturated carbocycles. The number of anilines is 1. The first-order chi connectivity index (χ1) is 10.6. The zero-order valence-corrected chi connectivity index (χ0v) is 13.0. The van der Waals surface area contributed by atoms with Crippen molar-refractivity contribution in [2.45, 2.75) is 5.75 Å². The zero-order valence-electron chi connectivity index (χ0n) is 12.1. The van der Waals surface area contributed by atoms with Crippen molar-refractivity contribution in [3.05, 3.63) is 70.3 Å². The molecule has 0 heterocycles. The van der Waals surface area contributed by atoms with E-state index < -0.39 is 4.92 Å². The largest absolute Gasteiger partial charge is 0.315 e. The Morgan fingerprint density at radius 3 is 2.36 bits per heavy atom. The molecule has 0 N–H and O–H groups in total. The van der Waals surface area contributed by atoms with Crippen LogP contribution in [0.4, 0.5) is 11.4 Å². The number of para-hydroxylation sites is 1. The van der Waals surface area contributed by atoms with Crippen LogP contribution in [-0.2, 0) is 10.5 Å². The first-order valence-electron chi connectivity index (χ1n) is 6.70. The van der Waals surface area contributed by atoms with Gasteiger partial charge in [-0.3, -0.25) is 14.9 Å². The van der Waals surface area contributed by atoms with E-state index in [0.717, 1.165) is 11.3 Å². The normalized spacial score (nSPS) is 10.2. The number of hydrogen-bond acceptors (Lipinski definition) is 4. The highest BCUT2D eigenvalue weighted by molar-refractivity contribution is 7.99. The van der Waals surface area contributed by atoms with Gasteiger partial charge in [-0.2, -0.15) is 0 Å². The number of nitrogens with zero attached hydrogens (tertiary/aromatic N) is 2. The first-order valence-corrected chi connectivity index (χ1v) is 7.86. The van der Waals surface area contributed by atoms with Crippen LogP contribution in [0.1, 0.15) is 5.56 Å². The molecule has 0 unspecified atom stereocenters. The quantitative estimate of drug-likeness (QED) is 0.604. The van der Waals surface area contributed by atoms with Gasteiger partial charge in [0.2, 0.25) is 5.91 Å². The van der Waals surface area contributed by atoms with Crippen molar-refractivity contribution in [3.8, 4) is 0 Å². The van der Waals surface area contributed by atoms with Crippen LogP contribution < -0.4 is 4.90 Å². The van der Waals surface area contributed by atoms with Crippen LogP contribution in [0.5, 0.6) is 0 Å². The Balaban J connectivity index is 1.83. The van der Waals surface area contributed by atoms with E-state index in [1.165, 1.54) is 23.9 Å². The summed E-state index contributed by atoms with van der Waals surface area (Å²) in [6, 6.07) is 15.9. The van der Waals surface area contributed by atoms with Gasteiger partial charge in [-0.25, -0.2) is 0 Å². The minimum absolute atomic E-state index is 0.0260. The lowest BCUT2D eigenvalue weighted by Gasteiger charge is -2.16. The lowest BCUT2D eigenvalue weighted by atomic mass is 10.2. The van der Waals surface area contributed by atoms with Crippen molar-refractivity contribution in [1.82, 2.24) is 0 Å². The Hall–Kier alpha value is -2.34. The van der Waals surface area contributed by atoms with E-state index >= 15 is 0 Å². The molecule has 0 aliphatic rings. The summed E-state index contributed by atoms with van der Waals surface area (Å²) in [4.78, 5) is 23.9. The number of carbonyl (C=O) groups excluding carboxylic acids is 1. The van der Waals surface area contributed by atoms with Crippen molar-refractivity contribution in [3.63, 3.8) is 0 Å². The molecular formula is C16H16N2O3S. The smallest absolute Gasteiger partial charge is 0.269 e. The zero-order chi connectivity index (χ0) is 15.9. The molecule has 5 nitrogen and oxygen atoms in total. The van der Waals surface area contributed by atoms with E-state index in [0.29, 0.717) is 11.5 Å². The highest BCUT2D eigenvalue weighted by Crippen LogP contribution is 2.18. The number of amides is 1. The predicted molar refractivity (Wildman–Crippen MR) is 89.1 cm³/mol. The summed E-state index contributed by atoms with van der Waals surface area (Å²) in [5.74, 6) is 1.03. The lowest BCUT2D eigenvalue weighted by Crippen LogP contribution is -2.27. The van der Waals surface area contributed by atoms with Gasteiger partial charge in [-0.05, 0) is 17.7 Å². The van der Waals surface area contributed by atoms with Crippen LogP contribution in [0.2, 0.25) is 0 Å². The fourth-order valence-corrected chi connectivity index (χ4v) is 2.76. The summed E-state index contributed by atoms with van der Waals surface area (Å²) in [6.45, 7) is 0. The van der Waals surface area contributed by atoms with E-state index in [1.54, 1.807) is 24.1 Å². The van der Waals surface area contributed by atoms with Gasteiger partial charge in [0.15, 0.2) is 0 Å². The van der Waals surface area contributed by atoms with Gasteiger partial charge in [0.05, 0.1) is 10.7 Å². The molecule has 0 aliphatic heterocycles. The van der Waals surface area contributed by atoms with E-state index in [9.17, 15) is 14.9 Å². The first kappa shape index (κ1) is 16.0. The number of rotatable bonds is 6. The van der Waals surface area contributed by atoms with E-state index in [4.69, 9.17) is 0 Å². The lowest BCUT2D eigenvalue weighted by molar-refractivity contribution is -0.384. The number of nitro groups is 1. The van der Waals surface area contributed by atoms with Gasteiger partial charge in [-0.1, -0.05) is 30.3 Å². The third-order valence-corrected chi connectivity index (χ3v) is 4.15. The number of hydrogen-bond donors (Lipinski definition) is 0. The van der Waals surface area contributed by atoms with Crippen molar-refractivity contribution in [2.75, 3.05) is 17.7 Å². The number of benzene rings is 2. The molecule has 0 atom stereocenters. The van der Waals surface area contributed by atoms with Crippen LogP contribution >= 0.6 is 11.8 Å². The minimum Gasteiger partial charge on any atom is -0.315 e. The summed E-state index contributed by atoms with van der Waals surface area (Å²) < 4.78 is 0. The Bertz CT molecular complexity index is 644. The summed E-state index contributed by atoms with van der Waals surface area (Å²) in [6.07, 6.45) is 0. The molecule has 0 spiro atoms. The van der Waals surface area contributed by atoms with Gasteiger partial charge in [-0.15, -0.1) is 11.8 Å². The topological polar surface area (TPSA) is 63.5 Å². The average Bonchev–Trinajstić information content (AvgIpc) is 2.55. The standard InChI is InChI=1S/C16H16N2O3S/c1-17(14-5-3-2-4-6-14)16(19)12-22-11-13-7-9-15(10-8-13)18(20)21/h2-10H,11-12H2,1H3. The van der Waals surface area contributed by atoms with E-state index in [-0.39, 0.29) is 11.6 Å². The fourth-order valence-electron chi connectivity index (χ4n) is 1.86. The molecule has 2 aromatic rings. The molecule has 2 aromatic carbocycles. The third kappa shape index (κ3) is 4.33. The summed E-state index contributed by atoms with van der Waals surface area (Å²) >= 11 is 1.49. The molecule has 114 valence electrons. The molecule has 0 bridgehead atoms. The second-order valence-electron chi connectivity index (χ2n) is 4.70. The Labute approximate surface area is 133 Å². The van der Waals surface area contributed by atoms with Crippen molar-refractivity contribution < 1.29 is 9.72 Å². The van der Waals surface area contributed by atoms with E-state index in [2.05, 4.69) is 0 Å². The van der Waals surface area contributed by atoms with Crippen LogP contribution in [0.3, 0.4) is 0 Å². The van der Waals surface area contributed by atoms with Gasteiger partial charge in [0, 0.05) is 30.6 Å². The van der Waals surface area contributed by atoms with Crippen LogP contribution in [-0.4, -0.2) is 23.6 Å². The number of nitro benzene ring substituents is 1. The van der Waals surface area contributed by atoms with Crippen molar-refractivity contribution >= 4 is 29.0 Å². The monoisotopic (exact) mass is 316 g/mol. The number of non-ortho nitro benzene ring substituents is 1. The molecule has 0 fully saturated rings. The molecule has 0 aromatic heterocycles. The molecule has 0 saturated heterocycles. The van der Waals surface area contributed by atoms with Crippen LogP contribution in [0.15, 0.2) is 54.6 Å². The van der Waals surface area contributed by atoms with Gasteiger partial charge >= 0.3 is 0 Å². The number of thioether (sulfide) groups is 1. The second-order valence-corrected chi connectivity index (χ2v) is 5.69. The number of carbonyl (C=O) groups is 1. The van der Waals surface area contributed by atoms with Gasteiger partial charge < -0.3 is 4.90 Å². The van der Waals surface area contributed by atoms with Gasteiger partial charge in [0.1, 0.15) is 0 Å². The molecular weight excluding hydrogens is 300 g/mol.